The van der Waals surface area contributed by atoms with Crippen LogP contribution in [-0.2, 0) is 11.8 Å². The minimum atomic E-state index is -0.0792. The lowest BCUT2D eigenvalue weighted by molar-refractivity contribution is 0.660. The zero-order chi connectivity index (χ0) is 35.0. The Morgan fingerprint density at radius 2 is 1.08 bits per heavy atom. The highest BCUT2D eigenvalue weighted by atomic mass is 16.3. The molecular weight excluding hydrogens is 641 g/mol. The average molecular weight is 675 g/mol. The molecule has 0 bridgehead atoms. The Morgan fingerprint density at radius 3 is 1.85 bits per heavy atom. The summed E-state index contributed by atoms with van der Waals surface area (Å²) in [6.45, 7) is 4.74. The minimum Gasteiger partial charge on any atom is -0.455 e. The van der Waals surface area contributed by atoms with Gasteiger partial charge in [-0.2, -0.15) is 0 Å². The third kappa shape index (κ3) is 3.81. The zero-order valence-electron chi connectivity index (χ0n) is 29.6. The van der Waals surface area contributed by atoms with E-state index in [0.29, 0.717) is 0 Å². The van der Waals surface area contributed by atoms with Gasteiger partial charge < -0.3 is 4.42 Å². The summed E-state index contributed by atoms with van der Waals surface area (Å²) in [6, 6.07) is 58.6. The van der Waals surface area contributed by atoms with Crippen molar-refractivity contribution < 1.29 is 4.42 Å². The van der Waals surface area contributed by atoms with Crippen LogP contribution in [0, 0.1) is 0 Å². The molecule has 0 amide bonds. The van der Waals surface area contributed by atoms with Gasteiger partial charge in [-0.3, -0.25) is 0 Å². The molecule has 1 heteroatoms. The van der Waals surface area contributed by atoms with Gasteiger partial charge in [0.25, 0.3) is 0 Å². The molecule has 9 aromatic carbocycles. The Morgan fingerprint density at radius 1 is 0.453 bits per heavy atom. The summed E-state index contributed by atoms with van der Waals surface area (Å²) in [4.78, 5) is 0. The van der Waals surface area contributed by atoms with Crippen LogP contribution >= 0.6 is 0 Å². The predicted molar refractivity (Wildman–Crippen MR) is 223 cm³/mol. The van der Waals surface area contributed by atoms with Crippen LogP contribution in [0.5, 0.6) is 0 Å². The standard InChI is InChI=1S/C52H34O/c1-52(2)44-22-12-11-17-35(44)36-25-23-32(28-45(36)52)47-37-18-7-9-20-39(37)49(40-21-10-8-19-38(40)47)50-42-27-31-14-4-5-15-33(31)41(42)29-43-48-34-16-6-3-13-30(34)24-26-46(48)53-51(43)50/h3-26,28-29H,27H2,1-2H3. The van der Waals surface area contributed by atoms with Crippen LogP contribution in [0.4, 0.5) is 0 Å². The summed E-state index contributed by atoms with van der Waals surface area (Å²) in [7, 11) is 0. The van der Waals surface area contributed by atoms with Gasteiger partial charge in [-0.1, -0.05) is 153 Å². The van der Waals surface area contributed by atoms with E-state index in [1.165, 1.54) is 110 Å². The van der Waals surface area contributed by atoms with Gasteiger partial charge in [0, 0.05) is 27.3 Å². The molecule has 53 heavy (non-hydrogen) atoms. The van der Waals surface area contributed by atoms with E-state index in [1.54, 1.807) is 0 Å². The Labute approximate surface area is 307 Å². The summed E-state index contributed by atoms with van der Waals surface area (Å²) in [5, 5.41) is 9.85. The fourth-order valence-electron chi connectivity index (χ4n) is 10.1. The van der Waals surface area contributed by atoms with E-state index in [4.69, 9.17) is 4.42 Å². The molecule has 248 valence electrons. The van der Waals surface area contributed by atoms with Gasteiger partial charge in [0.1, 0.15) is 11.2 Å². The third-order valence-electron chi connectivity index (χ3n) is 12.5. The third-order valence-corrected chi connectivity index (χ3v) is 12.5. The van der Waals surface area contributed by atoms with Gasteiger partial charge >= 0.3 is 0 Å². The van der Waals surface area contributed by atoms with Gasteiger partial charge in [-0.25, -0.2) is 0 Å². The van der Waals surface area contributed by atoms with Crippen molar-refractivity contribution >= 4 is 54.3 Å². The second-order valence-electron chi connectivity index (χ2n) is 15.5. The van der Waals surface area contributed by atoms with Gasteiger partial charge in [0.05, 0.1) is 0 Å². The number of hydrogen-bond donors (Lipinski definition) is 0. The fourth-order valence-corrected chi connectivity index (χ4v) is 10.1. The van der Waals surface area contributed by atoms with Crippen molar-refractivity contribution in [2.45, 2.75) is 25.7 Å². The van der Waals surface area contributed by atoms with Crippen molar-refractivity contribution in [1.29, 1.82) is 0 Å². The van der Waals surface area contributed by atoms with Crippen LogP contribution in [0.15, 0.2) is 162 Å². The highest BCUT2D eigenvalue weighted by Gasteiger charge is 2.36. The number of benzene rings is 9. The lowest BCUT2D eigenvalue weighted by atomic mass is 9.80. The van der Waals surface area contributed by atoms with Gasteiger partial charge in [-0.05, 0) is 113 Å². The van der Waals surface area contributed by atoms with Gasteiger partial charge in [-0.15, -0.1) is 0 Å². The van der Waals surface area contributed by atoms with E-state index in [9.17, 15) is 0 Å². The average Bonchev–Trinajstić information content (AvgIpc) is 3.84. The number of rotatable bonds is 2. The van der Waals surface area contributed by atoms with Crippen LogP contribution in [-0.4, -0.2) is 0 Å². The molecule has 1 heterocycles. The van der Waals surface area contributed by atoms with E-state index in [0.717, 1.165) is 17.6 Å². The number of furan rings is 1. The molecule has 1 nitrogen and oxygen atoms in total. The fraction of sp³-hybridized carbons (Fsp3) is 0.0769. The molecular formula is C52H34O. The summed E-state index contributed by atoms with van der Waals surface area (Å²) < 4.78 is 7.09. The molecule has 0 unspecified atom stereocenters. The summed E-state index contributed by atoms with van der Waals surface area (Å²) in [6.07, 6.45) is 0.874. The quantitative estimate of drug-likeness (QED) is 0.166. The van der Waals surface area contributed by atoms with E-state index < -0.39 is 0 Å². The predicted octanol–water partition coefficient (Wildman–Crippen LogP) is 14.3. The maximum absolute atomic E-state index is 7.09. The molecule has 2 aliphatic carbocycles. The van der Waals surface area contributed by atoms with Crippen LogP contribution in [0.1, 0.15) is 36.1 Å². The lowest BCUT2D eigenvalue weighted by Crippen LogP contribution is -2.14. The van der Waals surface area contributed by atoms with Crippen LogP contribution < -0.4 is 0 Å². The van der Waals surface area contributed by atoms with E-state index >= 15 is 0 Å². The molecule has 0 spiro atoms. The van der Waals surface area contributed by atoms with Crippen LogP contribution in [0.2, 0.25) is 0 Å². The van der Waals surface area contributed by atoms with Crippen molar-refractivity contribution in [2.24, 2.45) is 0 Å². The Hall–Kier alpha value is -6.44. The first-order valence-corrected chi connectivity index (χ1v) is 18.7. The molecule has 10 aromatic rings. The molecule has 1 aromatic heterocycles. The summed E-state index contributed by atoms with van der Waals surface area (Å²) in [5.41, 5.74) is 17.7. The monoisotopic (exact) mass is 674 g/mol. The molecule has 0 saturated heterocycles. The van der Waals surface area contributed by atoms with Crippen LogP contribution in [0.3, 0.4) is 0 Å². The van der Waals surface area contributed by atoms with Crippen molar-refractivity contribution in [2.75, 3.05) is 0 Å². The molecule has 2 aliphatic rings. The largest absolute Gasteiger partial charge is 0.455 e. The first-order valence-electron chi connectivity index (χ1n) is 18.7. The molecule has 0 saturated carbocycles. The molecule has 0 atom stereocenters. The van der Waals surface area contributed by atoms with Crippen molar-refractivity contribution in [3.63, 3.8) is 0 Å². The zero-order valence-corrected chi connectivity index (χ0v) is 29.6. The lowest BCUT2D eigenvalue weighted by Gasteiger charge is -2.23. The second kappa shape index (κ2) is 10.3. The number of fused-ring (bicyclic) bond motifs is 13. The SMILES string of the molecule is CC1(C)c2ccccc2-c2ccc(-c3c4ccccc4c(-c4c5c(cc6c4oc4ccc7ccccc7c46)-c4ccccc4C5)c4ccccc34)cc21. The van der Waals surface area contributed by atoms with Crippen molar-refractivity contribution in [1.82, 2.24) is 0 Å². The summed E-state index contributed by atoms with van der Waals surface area (Å²) >= 11 is 0. The maximum Gasteiger partial charge on any atom is 0.143 e. The smallest absolute Gasteiger partial charge is 0.143 e. The summed E-state index contributed by atoms with van der Waals surface area (Å²) in [5.74, 6) is 0. The Bertz CT molecular complexity index is 3170. The molecule has 0 N–H and O–H groups in total. The first-order chi connectivity index (χ1) is 26.1. The van der Waals surface area contributed by atoms with Gasteiger partial charge in [0.2, 0.25) is 0 Å². The molecule has 12 rings (SSSR count). The first kappa shape index (κ1) is 29.2. The number of hydrogen-bond acceptors (Lipinski definition) is 1. The maximum atomic E-state index is 7.09. The second-order valence-corrected chi connectivity index (χ2v) is 15.5. The Kier molecular flexibility index (Phi) is 5.69. The molecule has 0 radical (unpaired) electrons. The topological polar surface area (TPSA) is 13.1 Å². The molecule has 0 fully saturated rings. The van der Waals surface area contributed by atoms with E-state index in [1.807, 2.05) is 0 Å². The normalized spacial score (nSPS) is 13.9. The molecule has 0 aliphatic heterocycles. The van der Waals surface area contributed by atoms with E-state index in [2.05, 4.69) is 172 Å². The van der Waals surface area contributed by atoms with E-state index in [-0.39, 0.29) is 5.41 Å². The minimum absolute atomic E-state index is 0.0792. The van der Waals surface area contributed by atoms with Gasteiger partial charge in [0.15, 0.2) is 0 Å². The van der Waals surface area contributed by atoms with Crippen molar-refractivity contribution in [3.05, 3.63) is 180 Å². The Balaban J connectivity index is 1.22. The van der Waals surface area contributed by atoms with Crippen molar-refractivity contribution in [3.8, 4) is 44.5 Å². The highest BCUT2D eigenvalue weighted by Crippen LogP contribution is 2.54. The van der Waals surface area contributed by atoms with Crippen LogP contribution in [0.25, 0.3) is 98.8 Å². The highest BCUT2D eigenvalue weighted by molar-refractivity contribution is 6.28.